The van der Waals surface area contributed by atoms with Crippen molar-refractivity contribution in [2.24, 2.45) is 5.92 Å². The molecule has 5 aromatic rings. The second kappa shape index (κ2) is 15.0. The van der Waals surface area contributed by atoms with Crippen LogP contribution in [0.1, 0.15) is 49.9 Å². The fourth-order valence-corrected chi connectivity index (χ4v) is 5.98. The Hall–Kier alpha value is -5.16. The van der Waals surface area contributed by atoms with Gasteiger partial charge in [0.25, 0.3) is 5.91 Å². The van der Waals surface area contributed by atoms with Gasteiger partial charge in [-0.3, -0.25) is 14.6 Å². The molecule has 1 unspecified atom stereocenters. The van der Waals surface area contributed by atoms with Crippen LogP contribution in [-0.4, -0.2) is 50.6 Å². The first kappa shape index (κ1) is 33.2. The molecule has 1 aliphatic heterocycles. The second-order valence-electron chi connectivity index (χ2n) is 11.3. The third kappa shape index (κ3) is 7.47. The van der Waals surface area contributed by atoms with E-state index >= 15 is 0 Å². The Kier molecular flexibility index (Phi) is 10.6. The number of hydrogen-bond acceptors (Lipinski definition) is 9. The second-order valence-corrected chi connectivity index (χ2v) is 11.3. The maximum Gasteiger partial charge on any atom is 0.251 e. The summed E-state index contributed by atoms with van der Waals surface area (Å²) in [6.07, 6.45) is 5.79. The van der Waals surface area contributed by atoms with Gasteiger partial charge in [-0.1, -0.05) is 48.5 Å². The summed E-state index contributed by atoms with van der Waals surface area (Å²) in [4.78, 5) is 40.3. The van der Waals surface area contributed by atoms with Crippen LogP contribution in [0.15, 0.2) is 104 Å². The van der Waals surface area contributed by atoms with Crippen LogP contribution in [0.3, 0.4) is 0 Å². The molecule has 0 spiro atoms. The number of Topliss-reactive ketones (excluding diaryl/α,β-unsaturated/α-hetero) is 1. The van der Waals surface area contributed by atoms with E-state index in [-0.39, 0.29) is 43.1 Å². The van der Waals surface area contributed by atoms with E-state index < -0.39 is 6.04 Å². The van der Waals surface area contributed by atoms with Crippen molar-refractivity contribution >= 4 is 41.4 Å². The number of anilines is 3. The number of rotatable bonds is 10. The molecule has 0 aliphatic carbocycles. The summed E-state index contributed by atoms with van der Waals surface area (Å²) in [5.74, 6) is -0.295. The van der Waals surface area contributed by atoms with Gasteiger partial charge < -0.3 is 21.2 Å². The van der Waals surface area contributed by atoms with Crippen LogP contribution in [0.25, 0.3) is 11.3 Å². The quantitative estimate of drug-likeness (QED) is 0.123. The molecule has 0 fully saturated rings. The number of aromatic nitrogens is 3. The molecule has 0 saturated carbocycles. The number of carbonyl (C=O) groups excluding carboxylic acids is 2. The SMILES string of the molecule is CNC(=O)c1cccc2c1[C@H](C(CC(=O)c1ccc(C)c(Nc3nccc(-c4cccnc4)n3)c1)Cc1ccccc1)N(O)CN2.Cl. The lowest BCUT2D eigenvalue weighted by molar-refractivity contribution is -0.141. The number of carbonyl (C=O) groups is 2. The van der Waals surface area contributed by atoms with Crippen molar-refractivity contribution in [1.29, 1.82) is 0 Å². The van der Waals surface area contributed by atoms with Crippen LogP contribution in [0, 0.1) is 12.8 Å². The molecule has 47 heavy (non-hydrogen) atoms. The molecule has 6 rings (SSSR count). The Bertz CT molecular complexity index is 1860. The standard InChI is InChI=1S/C36H35N7O3.ClH/c1-23-13-14-25(19-31(23)42-36-39-17-15-29(41-36)26-10-7-16-38-21-26)32(44)20-27(18-24-8-4-3-5-9-24)34-33-28(35(45)37-2)11-6-12-30(33)40-22-43(34)46;/h3-17,19,21,27,34,40,46H,18,20,22H2,1-2H3,(H,37,45)(H,39,41,42);1H/t27?,34-;/m0./s1. The van der Waals surface area contributed by atoms with E-state index in [1.807, 2.05) is 85.8 Å². The highest BCUT2D eigenvalue weighted by Crippen LogP contribution is 2.41. The van der Waals surface area contributed by atoms with Gasteiger partial charge in [0.1, 0.15) is 0 Å². The number of ketones is 1. The molecule has 0 radical (unpaired) electrons. The minimum atomic E-state index is -0.611. The molecule has 4 N–H and O–H groups in total. The molecule has 11 heteroatoms. The van der Waals surface area contributed by atoms with Crippen molar-refractivity contribution < 1.29 is 14.8 Å². The first-order valence-electron chi connectivity index (χ1n) is 15.1. The van der Waals surface area contributed by atoms with E-state index in [2.05, 4.69) is 30.9 Å². The number of fused-ring (bicyclic) bond motifs is 1. The predicted octanol–water partition coefficient (Wildman–Crippen LogP) is 6.62. The van der Waals surface area contributed by atoms with Crippen molar-refractivity contribution in [3.63, 3.8) is 0 Å². The topological polar surface area (TPSA) is 132 Å². The lowest BCUT2D eigenvalue weighted by Crippen LogP contribution is -2.42. The zero-order valence-electron chi connectivity index (χ0n) is 26.1. The van der Waals surface area contributed by atoms with Crippen molar-refractivity contribution in [3.05, 3.63) is 131 Å². The van der Waals surface area contributed by atoms with E-state index in [4.69, 9.17) is 0 Å². The van der Waals surface area contributed by atoms with Crippen LogP contribution in [-0.2, 0) is 6.42 Å². The third-order valence-corrected chi connectivity index (χ3v) is 8.28. The molecule has 3 heterocycles. The first-order valence-corrected chi connectivity index (χ1v) is 15.1. The van der Waals surface area contributed by atoms with E-state index in [1.165, 1.54) is 5.06 Å². The average molecular weight is 650 g/mol. The molecule has 0 bridgehead atoms. The van der Waals surface area contributed by atoms with Gasteiger partial charge in [0, 0.05) is 65.7 Å². The van der Waals surface area contributed by atoms with E-state index in [0.29, 0.717) is 34.7 Å². The average Bonchev–Trinajstić information content (AvgIpc) is 3.09. The van der Waals surface area contributed by atoms with Gasteiger partial charge in [0.2, 0.25) is 5.95 Å². The number of nitrogens with one attached hydrogen (secondary N) is 3. The summed E-state index contributed by atoms with van der Waals surface area (Å²) in [6.45, 7) is 2.11. The van der Waals surface area contributed by atoms with Gasteiger partial charge in [-0.15, -0.1) is 12.4 Å². The number of hydrogen-bond donors (Lipinski definition) is 4. The number of aryl methyl sites for hydroxylation is 1. The Morgan fingerprint density at radius 1 is 1.02 bits per heavy atom. The van der Waals surface area contributed by atoms with Gasteiger partial charge in [-0.05, 0) is 66.8 Å². The van der Waals surface area contributed by atoms with Gasteiger partial charge in [-0.2, -0.15) is 5.06 Å². The lowest BCUT2D eigenvalue weighted by atomic mass is 9.80. The number of benzene rings is 3. The van der Waals surface area contributed by atoms with E-state index in [9.17, 15) is 14.8 Å². The van der Waals surface area contributed by atoms with Gasteiger partial charge in [-0.25, -0.2) is 9.97 Å². The normalized spacial score (nSPS) is 14.6. The fourth-order valence-electron chi connectivity index (χ4n) is 5.98. The smallest absolute Gasteiger partial charge is 0.251 e. The minimum Gasteiger partial charge on any atom is -0.370 e. The highest BCUT2D eigenvalue weighted by atomic mass is 35.5. The molecule has 240 valence electrons. The van der Waals surface area contributed by atoms with Gasteiger partial charge in [0.15, 0.2) is 5.78 Å². The Morgan fingerprint density at radius 2 is 1.85 bits per heavy atom. The van der Waals surface area contributed by atoms with Gasteiger partial charge >= 0.3 is 0 Å². The predicted molar refractivity (Wildman–Crippen MR) is 184 cm³/mol. The minimum absolute atomic E-state index is 0. The van der Waals surface area contributed by atoms with E-state index in [1.54, 1.807) is 31.7 Å². The monoisotopic (exact) mass is 649 g/mol. The summed E-state index contributed by atoms with van der Waals surface area (Å²) in [6, 6.07) is 25.9. The van der Waals surface area contributed by atoms with Crippen molar-refractivity contribution in [1.82, 2.24) is 25.3 Å². The van der Waals surface area contributed by atoms with Crippen LogP contribution in [0.2, 0.25) is 0 Å². The number of halogens is 1. The maximum atomic E-state index is 14.1. The highest BCUT2D eigenvalue weighted by Gasteiger charge is 2.37. The summed E-state index contributed by atoms with van der Waals surface area (Å²) in [5.41, 5.74) is 6.68. The van der Waals surface area contributed by atoms with Gasteiger partial charge in [0.05, 0.1) is 18.4 Å². The fraction of sp³-hybridized carbons (Fsp3) is 0.194. The maximum absolute atomic E-state index is 14.1. The van der Waals surface area contributed by atoms with Crippen LogP contribution >= 0.6 is 12.4 Å². The van der Waals surface area contributed by atoms with Crippen LogP contribution in [0.4, 0.5) is 17.3 Å². The summed E-state index contributed by atoms with van der Waals surface area (Å²) >= 11 is 0. The van der Waals surface area contributed by atoms with E-state index in [0.717, 1.165) is 28.1 Å². The number of nitrogens with zero attached hydrogens (tertiary/aromatic N) is 4. The van der Waals surface area contributed by atoms with Crippen molar-refractivity contribution in [2.75, 3.05) is 24.3 Å². The Morgan fingerprint density at radius 3 is 2.62 bits per heavy atom. The molecular formula is C36H36ClN7O3. The number of hydroxylamine groups is 2. The molecule has 1 aliphatic rings. The molecule has 0 saturated heterocycles. The Balaban J connectivity index is 0.00000433. The zero-order chi connectivity index (χ0) is 32.0. The number of pyridine rings is 1. The van der Waals surface area contributed by atoms with Crippen LogP contribution in [0.5, 0.6) is 0 Å². The molecule has 3 aromatic carbocycles. The van der Waals surface area contributed by atoms with Crippen molar-refractivity contribution in [3.8, 4) is 11.3 Å². The third-order valence-electron chi connectivity index (χ3n) is 8.28. The lowest BCUT2D eigenvalue weighted by Gasteiger charge is -2.39. The zero-order valence-corrected chi connectivity index (χ0v) is 26.9. The molecule has 2 aromatic heterocycles. The summed E-state index contributed by atoms with van der Waals surface area (Å²) < 4.78 is 0. The van der Waals surface area contributed by atoms with Crippen LogP contribution < -0.4 is 16.0 Å². The highest BCUT2D eigenvalue weighted by molar-refractivity contribution is 5.98. The largest absolute Gasteiger partial charge is 0.370 e. The summed E-state index contributed by atoms with van der Waals surface area (Å²) in [5, 5.41) is 21.7. The van der Waals surface area contributed by atoms with Crippen molar-refractivity contribution in [2.45, 2.75) is 25.8 Å². The molecular weight excluding hydrogens is 614 g/mol. The Labute approximate surface area is 279 Å². The molecule has 10 nitrogen and oxygen atoms in total. The molecule has 2 atom stereocenters. The first-order chi connectivity index (χ1) is 22.4. The summed E-state index contributed by atoms with van der Waals surface area (Å²) in [7, 11) is 1.58. The molecule has 1 amide bonds. The number of amides is 1.